The molecular weight excluding hydrogens is 164 g/mol. The molecule has 3 heteroatoms. The van der Waals surface area contributed by atoms with Gasteiger partial charge < -0.3 is 10.2 Å². The molecule has 1 N–H and O–H groups in total. The molecular formula is C10H20N2O. The van der Waals surface area contributed by atoms with Gasteiger partial charge in [0, 0.05) is 31.1 Å². The summed E-state index contributed by atoms with van der Waals surface area (Å²) in [5.41, 5.74) is 0. The molecule has 0 spiro atoms. The van der Waals surface area contributed by atoms with Crippen molar-refractivity contribution in [3.8, 4) is 0 Å². The van der Waals surface area contributed by atoms with Crippen LogP contribution in [0.5, 0.6) is 0 Å². The predicted molar refractivity (Wildman–Crippen MR) is 53.5 cm³/mol. The normalized spacial score (nSPS) is 29.5. The van der Waals surface area contributed by atoms with Crippen molar-refractivity contribution in [1.82, 2.24) is 10.2 Å². The first kappa shape index (κ1) is 10.5. The van der Waals surface area contributed by atoms with Crippen molar-refractivity contribution < 1.29 is 4.79 Å². The highest BCUT2D eigenvalue weighted by Crippen LogP contribution is 2.10. The lowest BCUT2D eigenvalue weighted by Gasteiger charge is -2.38. The van der Waals surface area contributed by atoms with Crippen LogP contribution in [0.15, 0.2) is 0 Å². The Hall–Kier alpha value is -0.570. The molecule has 3 nitrogen and oxygen atoms in total. The monoisotopic (exact) mass is 184 g/mol. The first-order valence-corrected chi connectivity index (χ1v) is 5.06. The van der Waals surface area contributed by atoms with Crippen molar-refractivity contribution in [3.63, 3.8) is 0 Å². The molecule has 0 bridgehead atoms. The van der Waals surface area contributed by atoms with Crippen LogP contribution >= 0.6 is 0 Å². The van der Waals surface area contributed by atoms with Gasteiger partial charge in [-0.1, -0.05) is 13.8 Å². The molecule has 0 saturated carbocycles. The van der Waals surface area contributed by atoms with E-state index in [0.29, 0.717) is 12.1 Å². The van der Waals surface area contributed by atoms with E-state index >= 15 is 0 Å². The van der Waals surface area contributed by atoms with E-state index in [2.05, 4.69) is 19.2 Å². The fourth-order valence-electron chi connectivity index (χ4n) is 1.66. The van der Waals surface area contributed by atoms with E-state index in [1.54, 1.807) is 0 Å². The van der Waals surface area contributed by atoms with Crippen molar-refractivity contribution in [2.75, 3.05) is 13.1 Å². The zero-order chi connectivity index (χ0) is 10.0. The second kappa shape index (κ2) is 4.09. The third-order valence-electron chi connectivity index (χ3n) is 2.54. The molecule has 0 aromatic rings. The summed E-state index contributed by atoms with van der Waals surface area (Å²) in [6.45, 7) is 9.90. The number of rotatable bonds is 1. The minimum atomic E-state index is 0.118. The zero-order valence-corrected chi connectivity index (χ0v) is 9.00. The largest absolute Gasteiger partial charge is 0.337 e. The Morgan fingerprint density at radius 2 is 2.08 bits per heavy atom. The van der Waals surface area contributed by atoms with Crippen LogP contribution in [0.4, 0.5) is 0 Å². The summed E-state index contributed by atoms with van der Waals surface area (Å²) in [4.78, 5) is 13.7. The van der Waals surface area contributed by atoms with Crippen molar-refractivity contribution in [2.45, 2.75) is 39.8 Å². The quantitative estimate of drug-likeness (QED) is 0.655. The highest BCUT2D eigenvalue weighted by atomic mass is 16.2. The lowest BCUT2D eigenvalue weighted by atomic mass is 10.1. The highest BCUT2D eigenvalue weighted by molar-refractivity contribution is 5.78. The molecule has 76 valence electrons. The number of nitrogens with zero attached hydrogens (tertiary/aromatic N) is 1. The molecule has 0 aromatic carbocycles. The minimum absolute atomic E-state index is 0.118. The van der Waals surface area contributed by atoms with E-state index in [1.165, 1.54) is 0 Å². The molecule has 1 heterocycles. The Bertz CT molecular complexity index is 191. The number of piperazine rings is 1. The summed E-state index contributed by atoms with van der Waals surface area (Å²) >= 11 is 0. The second-order valence-corrected chi connectivity index (χ2v) is 4.30. The lowest BCUT2D eigenvalue weighted by Crippen LogP contribution is -2.57. The summed E-state index contributed by atoms with van der Waals surface area (Å²) in [6, 6.07) is 0.769. The van der Waals surface area contributed by atoms with E-state index in [0.717, 1.165) is 13.1 Å². The van der Waals surface area contributed by atoms with E-state index in [4.69, 9.17) is 0 Å². The second-order valence-electron chi connectivity index (χ2n) is 4.30. The summed E-state index contributed by atoms with van der Waals surface area (Å²) < 4.78 is 0. The highest BCUT2D eigenvalue weighted by Gasteiger charge is 2.27. The Labute approximate surface area is 80.5 Å². The number of hydrogen-bond acceptors (Lipinski definition) is 2. The van der Waals surface area contributed by atoms with Gasteiger partial charge in [-0.3, -0.25) is 4.79 Å². The predicted octanol–water partition coefficient (Wildman–Crippen LogP) is 0.851. The van der Waals surface area contributed by atoms with E-state index in [-0.39, 0.29) is 11.8 Å². The van der Waals surface area contributed by atoms with Gasteiger partial charge in [-0.05, 0) is 13.8 Å². The van der Waals surface area contributed by atoms with Gasteiger partial charge >= 0.3 is 0 Å². The molecule has 2 atom stereocenters. The summed E-state index contributed by atoms with van der Waals surface area (Å²) in [5, 5.41) is 3.36. The van der Waals surface area contributed by atoms with Crippen LogP contribution < -0.4 is 5.32 Å². The summed E-state index contributed by atoms with van der Waals surface area (Å²) in [7, 11) is 0. The molecule has 0 unspecified atom stereocenters. The maximum absolute atomic E-state index is 11.8. The van der Waals surface area contributed by atoms with Crippen LogP contribution in [-0.4, -0.2) is 36.0 Å². The average Bonchev–Trinajstić information content (AvgIpc) is 2.08. The Kier molecular flexibility index (Phi) is 3.31. The molecule has 1 fully saturated rings. The van der Waals surface area contributed by atoms with Gasteiger partial charge in [0.15, 0.2) is 0 Å². The third-order valence-corrected chi connectivity index (χ3v) is 2.54. The molecule has 1 amide bonds. The van der Waals surface area contributed by atoms with Gasteiger partial charge in [0.1, 0.15) is 0 Å². The first-order chi connectivity index (χ1) is 6.02. The van der Waals surface area contributed by atoms with E-state index < -0.39 is 0 Å². The van der Waals surface area contributed by atoms with Gasteiger partial charge in [0.2, 0.25) is 5.91 Å². The SMILES string of the molecule is CC(C)C(=O)N1C[C@@H](C)NC[C@@H]1C. The van der Waals surface area contributed by atoms with Gasteiger partial charge in [-0.2, -0.15) is 0 Å². The van der Waals surface area contributed by atoms with Crippen LogP contribution in [0.3, 0.4) is 0 Å². The Morgan fingerprint density at radius 1 is 1.46 bits per heavy atom. The van der Waals surface area contributed by atoms with Gasteiger partial charge in [0.25, 0.3) is 0 Å². The van der Waals surface area contributed by atoms with Crippen LogP contribution in [0.25, 0.3) is 0 Å². The number of hydrogen-bond donors (Lipinski definition) is 1. The third kappa shape index (κ3) is 2.44. The molecule has 0 aromatic heterocycles. The van der Waals surface area contributed by atoms with E-state index in [9.17, 15) is 4.79 Å². The average molecular weight is 184 g/mol. The topological polar surface area (TPSA) is 32.3 Å². The maximum Gasteiger partial charge on any atom is 0.225 e. The molecule has 1 aliphatic heterocycles. The van der Waals surface area contributed by atoms with Crippen molar-refractivity contribution >= 4 is 5.91 Å². The van der Waals surface area contributed by atoms with Crippen molar-refractivity contribution in [1.29, 1.82) is 0 Å². The minimum Gasteiger partial charge on any atom is -0.337 e. The van der Waals surface area contributed by atoms with Crippen LogP contribution in [0.1, 0.15) is 27.7 Å². The standard InChI is InChI=1S/C10H20N2O/c1-7(2)10(13)12-6-8(3)11-5-9(12)4/h7-9,11H,5-6H2,1-4H3/t8-,9+/m1/s1. The number of carbonyl (C=O) groups is 1. The van der Waals surface area contributed by atoms with Gasteiger partial charge in [0.05, 0.1) is 0 Å². The van der Waals surface area contributed by atoms with Gasteiger partial charge in [-0.25, -0.2) is 0 Å². The fourth-order valence-corrected chi connectivity index (χ4v) is 1.66. The van der Waals surface area contributed by atoms with Gasteiger partial charge in [-0.15, -0.1) is 0 Å². The number of amides is 1. The first-order valence-electron chi connectivity index (χ1n) is 5.06. The van der Waals surface area contributed by atoms with Crippen LogP contribution in [0, 0.1) is 5.92 Å². The molecule has 0 aliphatic carbocycles. The molecule has 13 heavy (non-hydrogen) atoms. The summed E-state index contributed by atoms with van der Waals surface area (Å²) in [5.74, 6) is 0.397. The van der Waals surface area contributed by atoms with Crippen molar-refractivity contribution in [3.05, 3.63) is 0 Å². The van der Waals surface area contributed by atoms with Crippen LogP contribution in [0.2, 0.25) is 0 Å². The molecule has 0 radical (unpaired) electrons. The Morgan fingerprint density at radius 3 is 2.62 bits per heavy atom. The smallest absolute Gasteiger partial charge is 0.225 e. The zero-order valence-electron chi connectivity index (χ0n) is 9.00. The number of carbonyl (C=O) groups excluding carboxylic acids is 1. The Balaban J connectivity index is 2.60. The lowest BCUT2D eigenvalue weighted by molar-refractivity contribution is -0.137. The molecule has 1 rings (SSSR count). The van der Waals surface area contributed by atoms with Crippen LogP contribution in [-0.2, 0) is 4.79 Å². The van der Waals surface area contributed by atoms with E-state index in [1.807, 2.05) is 18.7 Å². The summed E-state index contributed by atoms with van der Waals surface area (Å²) in [6.07, 6.45) is 0. The molecule has 1 saturated heterocycles. The molecule has 1 aliphatic rings. The fraction of sp³-hybridized carbons (Fsp3) is 0.900. The maximum atomic E-state index is 11.8. The van der Waals surface area contributed by atoms with Crippen molar-refractivity contribution in [2.24, 2.45) is 5.92 Å². The number of nitrogens with one attached hydrogen (secondary N) is 1.